The minimum absolute atomic E-state index is 0.867. The Morgan fingerprint density at radius 2 is 1.07 bits per heavy atom. The van der Waals surface area contributed by atoms with Crippen molar-refractivity contribution >= 4 is 54.9 Å². The van der Waals surface area contributed by atoms with Crippen LogP contribution in [0.2, 0.25) is 0 Å². The van der Waals surface area contributed by atoms with Gasteiger partial charge in [0.2, 0.25) is 0 Å². The van der Waals surface area contributed by atoms with Crippen LogP contribution in [-0.2, 0) is 0 Å². The lowest BCUT2D eigenvalue weighted by Gasteiger charge is -2.08. The Kier molecular flexibility index (Phi) is 4.61. The van der Waals surface area contributed by atoms with Crippen LogP contribution in [0.3, 0.4) is 0 Å². The first-order valence-electron chi connectivity index (χ1n) is 13.9. The van der Waals surface area contributed by atoms with Crippen LogP contribution in [0.15, 0.2) is 148 Å². The number of furan rings is 2. The third-order valence-corrected chi connectivity index (χ3v) is 8.21. The number of rotatable bonds is 3. The maximum absolute atomic E-state index is 6.79. The minimum atomic E-state index is 0.867. The van der Waals surface area contributed by atoms with Crippen LogP contribution < -0.4 is 0 Å². The fourth-order valence-corrected chi connectivity index (χ4v) is 6.37. The zero-order valence-corrected chi connectivity index (χ0v) is 22.0. The van der Waals surface area contributed by atoms with Crippen molar-refractivity contribution in [2.75, 3.05) is 0 Å². The first-order chi connectivity index (χ1) is 20.3. The van der Waals surface area contributed by atoms with Gasteiger partial charge in [0, 0.05) is 38.4 Å². The van der Waals surface area contributed by atoms with Gasteiger partial charge in [0.25, 0.3) is 0 Å². The van der Waals surface area contributed by atoms with Gasteiger partial charge in [0.15, 0.2) is 5.58 Å². The van der Waals surface area contributed by atoms with Crippen LogP contribution in [-0.4, -0.2) is 4.57 Å². The van der Waals surface area contributed by atoms with Gasteiger partial charge in [-0.2, -0.15) is 0 Å². The summed E-state index contributed by atoms with van der Waals surface area (Å²) in [7, 11) is 0. The molecule has 0 bridgehead atoms. The number of aromatic nitrogens is 1. The molecule has 0 radical (unpaired) electrons. The highest BCUT2D eigenvalue weighted by Gasteiger charge is 2.22. The molecule has 3 nitrogen and oxygen atoms in total. The van der Waals surface area contributed by atoms with Gasteiger partial charge in [-0.05, 0) is 53.6 Å². The van der Waals surface area contributed by atoms with E-state index in [1.54, 1.807) is 0 Å². The van der Waals surface area contributed by atoms with Gasteiger partial charge in [0.1, 0.15) is 22.3 Å². The highest BCUT2D eigenvalue weighted by Crippen LogP contribution is 2.44. The molecule has 0 N–H and O–H groups in total. The second-order valence-corrected chi connectivity index (χ2v) is 10.5. The van der Waals surface area contributed by atoms with Crippen molar-refractivity contribution in [3.63, 3.8) is 0 Å². The Balaban J connectivity index is 1.32. The van der Waals surface area contributed by atoms with Crippen molar-refractivity contribution in [1.82, 2.24) is 4.57 Å². The zero-order chi connectivity index (χ0) is 26.9. The predicted octanol–water partition coefficient (Wildman–Crippen LogP) is 10.8. The second-order valence-electron chi connectivity index (χ2n) is 10.5. The molecule has 0 aliphatic rings. The Hall–Kier alpha value is -5.54. The molecule has 41 heavy (non-hydrogen) atoms. The van der Waals surface area contributed by atoms with E-state index in [-0.39, 0.29) is 0 Å². The van der Waals surface area contributed by atoms with Gasteiger partial charge in [-0.25, -0.2) is 0 Å². The summed E-state index contributed by atoms with van der Waals surface area (Å²) in [6.07, 6.45) is 0. The Bertz CT molecular complexity index is 2410. The fraction of sp³-hybridized carbons (Fsp3) is 0. The highest BCUT2D eigenvalue weighted by molar-refractivity contribution is 6.20. The third-order valence-electron chi connectivity index (χ3n) is 8.21. The summed E-state index contributed by atoms with van der Waals surface area (Å²) in [4.78, 5) is 0. The summed E-state index contributed by atoms with van der Waals surface area (Å²) in [6.45, 7) is 0. The molecule has 3 aromatic heterocycles. The molecule has 0 atom stereocenters. The van der Waals surface area contributed by atoms with Crippen LogP contribution in [0.4, 0.5) is 0 Å². The third kappa shape index (κ3) is 3.20. The molecule has 192 valence electrons. The van der Waals surface area contributed by atoms with Gasteiger partial charge in [-0.1, -0.05) is 97.1 Å². The molecule has 0 saturated heterocycles. The molecule has 9 aromatic rings. The van der Waals surface area contributed by atoms with E-state index in [0.717, 1.165) is 71.7 Å². The molecule has 0 fully saturated rings. The van der Waals surface area contributed by atoms with Crippen molar-refractivity contribution in [2.24, 2.45) is 0 Å². The second kappa shape index (κ2) is 8.48. The summed E-state index contributed by atoms with van der Waals surface area (Å²) < 4.78 is 15.7. The van der Waals surface area contributed by atoms with E-state index in [1.165, 1.54) is 11.1 Å². The van der Waals surface area contributed by atoms with Crippen molar-refractivity contribution in [3.05, 3.63) is 140 Å². The Labute approximate surface area is 235 Å². The van der Waals surface area contributed by atoms with Crippen molar-refractivity contribution < 1.29 is 8.83 Å². The number of hydrogen-bond acceptors (Lipinski definition) is 2. The number of para-hydroxylation sites is 4. The van der Waals surface area contributed by atoms with E-state index >= 15 is 0 Å². The summed E-state index contributed by atoms with van der Waals surface area (Å²) in [5.41, 5.74) is 11.3. The molecule has 0 amide bonds. The van der Waals surface area contributed by atoms with E-state index < -0.39 is 0 Å². The molecule has 0 aliphatic heterocycles. The maximum Gasteiger partial charge on any atom is 0.161 e. The SMILES string of the molecule is c1ccc(-c2ccc3oc4c(-c5cccc6c5oc5c7ccccc7n(-c7ccccc7)c65)cccc4c3c2)cc1. The fourth-order valence-electron chi connectivity index (χ4n) is 6.37. The van der Waals surface area contributed by atoms with E-state index in [9.17, 15) is 0 Å². The molecule has 0 aliphatic carbocycles. The van der Waals surface area contributed by atoms with Crippen molar-refractivity contribution in [1.29, 1.82) is 0 Å². The molecular weight excluding hydrogens is 502 g/mol. The smallest absolute Gasteiger partial charge is 0.161 e. The average molecular weight is 526 g/mol. The van der Waals surface area contributed by atoms with Crippen LogP contribution in [0.1, 0.15) is 0 Å². The van der Waals surface area contributed by atoms with E-state index in [0.29, 0.717) is 0 Å². The maximum atomic E-state index is 6.79. The quantitative estimate of drug-likeness (QED) is 0.230. The van der Waals surface area contributed by atoms with Crippen LogP contribution >= 0.6 is 0 Å². The van der Waals surface area contributed by atoms with Gasteiger partial charge in [-0.3, -0.25) is 0 Å². The number of benzene rings is 6. The first-order valence-corrected chi connectivity index (χ1v) is 13.9. The molecule has 3 heterocycles. The summed E-state index contributed by atoms with van der Waals surface area (Å²) >= 11 is 0. The normalized spacial score (nSPS) is 11.9. The lowest BCUT2D eigenvalue weighted by molar-refractivity contribution is 0.666. The zero-order valence-electron chi connectivity index (χ0n) is 22.0. The molecular formula is C38H23NO2. The largest absolute Gasteiger partial charge is 0.455 e. The van der Waals surface area contributed by atoms with E-state index in [1.807, 2.05) is 6.07 Å². The Morgan fingerprint density at radius 3 is 1.88 bits per heavy atom. The topological polar surface area (TPSA) is 31.2 Å². The number of nitrogens with zero attached hydrogens (tertiary/aromatic N) is 1. The lowest BCUT2D eigenvalue weighted by atomic mass is 9.99. The van der Waals surface area contributed by atoms with Gasteiger partial charge in [0.05, 0.1) is 5.52 Å². The minimum Gasteiger partial charge on any atom is -0.455 e. The molecule has 0 unspecified atom stereocenters. The average Bonchev–Trinajstić information content (AvgIpc) is 3.70. The van der Waals surface area contributed by atoms with Gasteiger partial charge in [-0.15, -0.1) is 0 Å². The summed E-state index contributed by atoms with van der Waals surface area (Å²) in [6, 6.07) is 48.7. The standard InChI is InChI=1S/C38H23NO2/c1-3-11-24(12-4-1)25-21-22-34-32(23-25)29-18-9-16-27(36(29)40-34)28-17-10-19-31-35-38(41-37(28)31)30-15-7-8-20-33(30)39(35)26-13-5-2-6-14-26/h1-23H. The lowest BCUT2D eigenvalue weighted by Crippen LogP contribution is -1.92. The number of hydrogen-bond donors (Lipinski definition) is 0. The van der Waals surface area contributed by atoms with E-state index in [2.05, 4.69) is 138 Å². The van der Waals surface area contributed by atoms with Gasteiger partial charge < -0.3 is 13.4 Å². The Morgan fingerprint density at radius 1 is 0.415 bits per heavy atom. The predicted molar refractivity (Wildman–Crippen MR) is 169 cm³/mol. The molecule has 0 spiro atoms. The summed E-state index contributed by atoms with van der Waals surface area (Å²) in [5, 5.41) is 4.39. The molecule has 0 saturated carbocycles. The molecule has 3 heteroatoms. The van der Waals surface area contributed by atoms with Gasteiger partial charge >= 0.3 is 0 Å². The monoisotopic (exact) mass is 525 g/mol. The summed E-state index contributed by atoms with van der Waals surface area (Å²) in [5.74, 6) is 0. The van der Waals surface area contributed by atoms with Crippen molar-refractivity contribution in [2.45, 2.75) is 0 Å². The van der Waals surface area contributed by atoms with Crippen LogP contribution in [0.25, 0.3) is 82.9 Å². The van der Waals surface area contributed by atoms with Crippen LogP contribution in [0.5, 0.6) is 0 Å². The number of fused-ring (bicyclic) bond motifs is 8. The molecule has 9 rings (SSSR count). The van der Waals surface area contributed by atoms with Crippen molar-refractivity contribution in [3.8, 4) is 27.9 Å². The highest BCUT2D eigenvalue weighted by atomic mass is 16.3. The van der Waals surface area contributed by atoms with Crippen LogP contribution in [0, 0.1) is 0 Å². The first kappa shape index (κ1) is 22.3. The van der Waals surface area contributed by atoms with E-state index in [4.69, 9.17) is 8.83 Å². The molecule has 6 aromatic carbocycles.